The summed E-state index contributed by atoms with van der Waals surface area (Å²) < 4.78 is 0. The summed E-state index contributed by atoms with van der Waals surface area (Å²) >= 11 is 0. The highest BCUT2D eigenvalue weighted by atomic mass is 16.1. The fraction of sp³-hybridized carbons (Fsp3) is 0.0909. The van der Waals surface area contributed by atoms with Gasteiger partial charge < -0.3 is 0 Å². The second-order valence-corrected chi connectivity index (χ2v) is 3.15. The fourth-order valence-electron chi connectivity index (χ4n) is 1.30. The van der Waals surface area contributed by atoms with Crippen molar-refractivity contribution < 1.29 is 4.79 Å². The molecule has 0 aliphatic heterocycles. The molecule has 0 atom stereocenters. The molecule has 0 unspecified atom stereocenters. The number of hydrogen-bond donors (Lipinski definition) is 0. The van der Waals surface area contributed by atoms with Gasteiger partial charge in [-0.2, -0.15) is 0 Å². The summed E-state index contributed by atoms with van der Waals surface area (Å²) in [5, 5.41) is 0. The number of aryl methyl sites for hydroxylation is 1. The van der Waals surface area contributed by atoms with Gasteiger partial charge in [0, 0.05) is 30.4 Å². The van der Waals surface area contributed by atoms with Gasteiger partial charge in [0.25, 0.3) is 0 Å². The lowest BCUT2D eigenvalue weighted by Gasteiger charge is -2.02. The fourth-order valence-corrected chi connectivity index (χ4v) is 1.30. The van der Waals surface area contributed by atoms with Crippen LogP contribution in [0.15, 0.2) is 37.2 Å². The molecule has 4 heteroatoms. The second-order valence-electron chi connectivity index (χ2n) is 3.15. The maximum absolute atomic E-state index is 12.0. The molecule has 0 amide bonds. The van der Waals surface area contributed by atoms with Gasteiger partial charge in [0.15, 0.2) is 5.78 Å². The molecular weight excluding hydrogens is 190 g/mol. The third-order valence-corrected chi connectivity index (χ3v) is 2.09. The molecule has 0 bridgehead atoms. The summed E-state index contributed by atoms with van der Waals surface area (Å²) in [6, 6.07) is 1.70. The summed E-state index contributed by atoms with van der Waals surface area (Å²) in [4.78, 5) is 23.5. The van der Waals surface area contributed by atoms with Crippen LogP contribution >= 0.6 is 0 Å². The number of pyridine rings is 1. The van der Waals surface area contributed by atoms with Crippen molar-refractivity contribution in [1.82, 2.24) is 15.0 Å². The molecular formula is C11H9N3O. The third kappa shape index (κ3) is 1.88. The maximum atomic E-state index is 12.0. The lowest BCUT2D eigenvalue weighted by molar-refractivity contribution is 0.103. The molecule has 4 nitrogen and oxygen atoms in total. The number of hydrogen-bond acceptors (Lipinski definition) is 4. The summed E-state index contributed by atoms with van der Waals surface area (Å²) in [6.45, 7) is 1.85. The van der Waals surface area contributed by atoms with Crippen molar-refractivity contribution in [3.05, 3.63) is 53.9 Å². The van der Waals surface area contributed by atoms with Gasteiger partial charge in [0.2, 0.25) is 0 Å². The zero-order valence-corrected chi connectivity index (χ0v) is 8.21. The summed E-state index contributed by atoms with van der Waals surface area (Å²) in [5.41, 5.74) is 1.98. The van der Waals surface area contributed by atoms with Gasteiger partial charge in [-0.15, -0.1) is 0 Å². The number of nitrogens with zero attached hydrogens (tertiary/aromatic N) is 3. The van der Waals surface area contributed by atoms with Crippen LogP contribution in [0.1, 0.15) is 21.5 Å². The molecule has 2 aromatic heterocycles. The monoisotopic (exact) mass is 199 g/mol. The zero-order valence-electron chi connectivity index (χ0n) is 8.21. The quantitative estimate of drug-likeness (QED) is 0.686. The zero-order chi connectivity index (χ0) is 10.7. The Hall–Kier alpha value is -2.10. The van der Waals surface area contributed by atoms with Crippen molar-refractivity contribution in [2.75, 3.05) is 0 Å². The molecule has 0 aliphatic rings. The van der Waals surface area contributed by atoms with Gasteiger partial charge in [-0.3, -0.25) is 9.78 Å². The van der Waals surface area contributed by atoms with Gasteiger partial charge in [-0.25, -0.2) is 9.97 Å². The normalized spacial score (nSPS) is 9.93. The van der Waals surface area contributed by atoms with Crippen LogP contribution in [0.3, 0.4) is 0 Å². The van der Waals surface area contributed by atoms with Gasteiger partial charge in [0.1, 0.15) is 6.33 Å². The topological polar surface area (TPSA) is 55.7 Å². The molecule has 15 heavy (non-hydrogen) atoms. The van der Waals surface area contributed by atoms with E-state index in [0.717, 1.165) is 5.56 Å². The van der Waals surface area contributed by atoms with Crippen LogP contribution in [0.2, 0.25) is 0 Å². The highest BCUT2D eigenvalue weighted by Gasteiger charge is 2.11. The molecule has 2 rings (SSSR count). The van der Waals surface area contributed by atoms with E-state index in [-0.39, 0.29) is 5.78 Å². The van der Waals surface area contributed by atoms with Gasteiger partial charge in [-0.05, 0) is 18.6 Å². The van der Waals surface area contributed by atoms with E-state index in [1.165, 1.54) is 18.7 Å². The maximum Gasteiger partial charge on any atom is 0.196 e. The minimum absolute atomic E-state index is 0.0736. The van der Waals surface area contributed by atoms with E-state index in [9.17, 15) is 4.79 Å². The number of rotatable bonds is 2. The van der Waals surface area contributed by atoms with E-state index >= 15 is 0 Å². The van der Waals surface area contributed by atoms with Crippen molar-refractivity contribution in [3.63, 3.8) is 0 Å². The van der Waals surface area contributed by atoms with E-state index in [4.69, 9.17) is 0 Å². The molecule has 2 aromatic rings. The van der Waals surface area contributed by atoms with Gasteiger partial charge >= 0.3 is 0 Å². The summed E-state index contributed by atoms with van der Waals surface area (Å²) in [5.74, 6) is -0.0736. The number of ketones is 1. The van der Waals surface area contributed by atoms with E-state index in [1.54, 1.807) is 18.5 Å². The first-order chi connectivity index (χ1) is 7.29. The highest BCUT2D eigenvalue weighted by Crippen LogP contribution is 2.10. The standard InChI is InChI=1S/C11H9N3O/c1-8-4-12-3-2-10(8)11(15)9-5-13-7-14-6-9/h2-7H,1H3. The SMILES string of the molecule is Cc1cnccc1C(=O)c1cncnc1. The molecule has 0 aromatic carbocycles. The Morgan fingerprint density at radius 1 is 1.13 bits per heavy atom. The molecule has 2 heterocycles. The highest BCUT2D eigenvalue weighted by molar-refractivity contribution is 6.09. The van der Waals surface area contributed by atoms with Crippen molar-refractivity contribution >= 4 is 5.78 Å². The molecule has 0 spiro atoms. The van der Waals surface area contributed by atoms with Crippen LogP contribution in [0.4, 0.5) is 0 Å². The minimum atomic E-state index is -0.0736. The Kier molecular flexibility index (Phi) is 2.49. The van der Waals surface area contributed by atoms with E-state index in [2.05, 4.69) is 15.0 Å². The van der Waals surface area contributed by atoms with E-state index < -0.39 is 0 Å². The van der Waals surface area contributed by atoms with E-state index in [1.807, 2.05) is 6.92 Å². The van der Waals surface area contributed by atoms with Crippen molar-refractivity contribution in [3.8, 4) is 0 Å². The minimum Gasteiger partial charge on any atom is -0.288 e. The van der Waals surface area contributed by atoms with Crippen molar-refractivity contribution in [1.29, 1.82) is 0 Å². The first-order valence-electron chi connectivity index (χ1n) is 4.49. The summed E-state index contributed by atoms with van der Waals surface area (Å²) in [6.07, 6.45) is 7.68. The van der Waals surface area contributed by atoms with Crippen molar-refractivity contribution in [2.24, 2.45) is 0 Å². The number of aromatic nitrogens is 3. The predicted molar refractivity (Wildman–Crippen MR) is 54.4 cm³/mol. The Morgan fingerprint density at radius 2 is 1.87 bits per heavy atom. The van der Waals surface area contributed by atoms with Gasteiger partial charge in [0.05, 0.1) is 5.56 Å². The van der Waals surface area contributed by atoms with E-state index in [0.29, 0.717) is 11.1 Å². The largest absolute Gasteiger partial charge is 0.288 e. The molecule has 0 saturated carbocycles. The van der Waals surface area contributed by atoms with Gasteiger partial charge in [-0.1, -0.05) is 0 Å². The van der Waals surface area contributed by atoms with Crippen LogP contribution in [0.25, 0.3) is 0 Å². The predicted octanol–water partition coefficient (Wildman–Crippen LogP) is 1.41. The van der Waals surface area contributed by atoms with Crippen LogP contribution < -0.4 is 0 Å². The second kappa shape index (κ2) is 3.96. The average molecular weight is 199 g/mol. The lowest BCUT2D eigenvalue weighted by Crippen LogP contribution is -2.04. The Labute approximate surface area is 87.0 Å². The first-order valence-corrected chi connectivity index (χ1v) is 4.49. The van der Waals surface area contributed by atoms with Crippen LogP contribution in [-0.2, 0) is 0 Å². The average Bonchev–Trinajstić information content (AvgIpc) is 2.30. The molecule has 0 saturated heterocycles. The van der Waals surface area contributed by atoms with Crippen LogP contribution in [0, 0.1) is 6.92 Å². The third-order valence-electron chi connectivity index (χ3n) is 2.09. The Balaban J connectivity index is 2.42. The number of carbonyl (C=O) groups is 1. The van der Waals surface area contributed by atoms with Crippen LogP contribution in [0.5, 0.6) is 0 Å². The molecule has 74 valence electrons. The summed E-state index contributed by atoms with van der Waals surface area (Å²) in [7, 11) is 0. The van der Waals surface area contributed by atoms with Crippen molar-refractivity contribution in [2.45, 2.75) is 6.92 Å². The number of carbonyl (C=O) groups excluding carboxylic acids is 1. The Morgan fingerprint density at radius 3 is 2.53 bits per heavy atom. The molecule has 0 fully saturated rings. The lowest BCUT2D eigenvalue weighted by atomic mass is 10.0. The van der Waals surface area contributed by atoms with Crippen LogP contribution in [-0.4, -0.2) is 20.7 Å². The first kappa shape index (κ1) is 9.45. The molecule has 0 aliphatic carbocycles. The smallest absolute Gasteiger partial charge is 0.196 e. The molecule has 0 radical (unpaired) electrons. The molecule has 0 N–H and O–H groups in total. The Bertz CT molecular complexity index is 482.